The number of nitrogens with zero attached hydrogens (tertiary/aromatic N) is 5. The lowest BCUT2D eigenvalue weighted by Crippen LogP contribution is -2.14. The minimum atomic E-state index is -0.629. The minimum absolute atomic E-state index is 0.282. The second-order valence-corrected chi connectivity index (χ2v) is 8.97. The lowest BCUT2D eigenvalue weighted by molar-refractivity contribution is 0.102. The van der Waals surface area contributed by atoms with Gasteiger partial charge in [-0.1, -0.05) is 6.07 Å². The third kappa shape index (κ3) is 5.03. The summed E-state index contributed by atoms with van der Waals surface area (Å²) in [5.74, 6) is 0.0190. The number of hydrogen-bond acceptors (Lipinski definition) is 8. The van der Waals surface area contributed by atoms with Crippen molar-refractivity contribution in [3.63, 3.8) is 0 Å². The fourth-order valence-corrected chi connectivity index (χ4v) is 4.06. The molecule has 2 N–H and O–H groups in total. The van der Waals surface area contributed by atoms with Gasteiger partial charge in [0.2, 0.25) is 0 Å². The van der Waals surface area contributed by atoms with Gasteiger partial charge in [0.15, 0.2) is 0 Å². The Hall–Kier alpha value is -5.17. The van der Waals surface area contributed by atoms with E-state index >= 15 is 0 Å². The molecule has 0 bridgehead atoms. The Morgan fingerprint density at radius 3 is 2.58 bits per heavy atom. The predicted octanol–water partition coefficient (Wildman–Crippen LogP) is 4.89. The molecule has 3 heterocycles. The quantitative estimate of drug-likeness (QED) is 0.377. The van der Waals surface area contributed by atoms with Gasteiger partial charge in [0.05, 0.1) is 30.0 Å². The van der Waals surface area contributed by atoms with Crippen molar-refractivity contribution in [3.05, 3.63) is 84.2 Å². The van der Waals surface area contributed by atoms with Gasteiger partial charge in [-0.25, -0.2) is 14.8 Å². The lowest BCUT2D eigenvalue weighted by Gasteiger charge is -2.12. The molecule has 0 saturated heterocycles. The molecule has 2 amide bonds. The molecule has 1 aliphatic rings. The van der Waals surface area contributed by atoms with Crippen LogP contribution in [0, 0.1) is 18.3 Å². The van der Waals surface area contributed by atoms with Gasteiger partial charge in [-0.2, -0.15) is 5.26 Å². The smallest absolute Gasteiger partial charge is 0.412 e. The third-order valence-corrected chi connectivity index (χ3v) is 6.40. The molecule has 3 aromatic heterocycles. The van der Waals surface area contributed by atoms with Gasteiger partial charge >= 0.3 is 6.09 Å². The number of anilines is 2. The molecule has 1 aromatic carbocycles. The lowest BCUT2D eigenvalue weighted by atomic mass is 9.99. The van der Waals surface area contributed by atoms with E-state index in [1.165, 1.54) is 13.4 Å². The Bertz CT molecular complexity index is 1590. The van der Waals surface area contributed by atoms with Crippen LogP contribution < -0.4 is 10.6 Å². The van der Waals surface area contributed by atoms with Crippen LogP contribution in [-0.4, -0.2) is 39.0 Å². The zero-order valence-corrected chi connectivity index (χ0v) is 20.7. The molecule has 10 heteroatoms. The average molecular weight is 506 g/mol. The fraction of sp³-hybridized carbons (Fsp3) is 0.179. The Labute approximate surface area is 218 Å². The summed E-state index contributed by atoms with van der Waals surface area (Å²) in [5, 5.41) is 14.9. The zero-order valence-electron chi connectivity index (χ0n) is 20.7. The van der Waals surface area contributed by atoms with E-state index in [9.17, 15) is 14.9 Å². The molecule has 38 heavy (non-hydrogen) atoms. The largest absolute Gasteiger partial charge is 0.453 e. The van der Waals surface area contributed by atoms with Crippen molar-refractivity contribution in [1.29, 1.82) is 5.26 Å². The topological polar surface area (TPSA) is 143 Å². The second-order valence-electron chi connectivity index (χ2n) is 8.97. The van der Waals surface area contributed by atoms with Crippen molar-refractivity contribution in [2.24, 2.45) is 0 Å². The van der Waals surface area contributed by atoms with Crippen LogP contribution in [0.15, 0.2) is 67.4 Å². The van der Waals surface area contributed by atoms with Gasteiger partial charge in [0.1, 0.15) is 12.1 Å². The van der Waals surface area contributed by atoms with Crippen molar-refractivity contribution in [3.8, 4) is 28.5 Å². The normalized spacial score (nSPS) is 13.2. The maximum absolute atomic E-state index is 13.0. The number of carbonyl (C=O) groups excluding carboxylic acids is 2. The first kappa shape index (κ1) is 24.5. The summed E-state index contributed by atoms with van der Waals surface area (Å²) in [6.45, 7) is 1.97. The molecule has 1 saturated carbocycles. The van der Waals surface area contributed by atoms with Crippen LogP contribution in [0.2, 0.25) is 0 Å². The van der Waals surface area contributed by atoms with E-state index in [2.05, 4.69) is 41.4 Å². The van der Waals surface area contributed by atoms with Crippen LogP contribution in [0.4, 0.5) is 16.3 Å². The Balaban J connectivity index is 1.39. The van der Waals surface area contributed by atoms with Gasteiger partial charge in [-0.05, 0) is 61.2 Å². The summed E-state index contributed by atoms with van der Waals surface area (Å²) in [7, 11) is 1.27. The highest BCUT2D eigenvalue weighted by molar-refractivity contribution is 6.04. The number of methoxy groups -OCH3 is 1. The number of aromatic nitrogens is 4. The zero-order chi connectivity index (χ0) is 26.7. The van der Waals surface area contributed by atoms with Crippen LogP contribution in [0.1, 0.15) is 34.5 Å². The molecule has 0 radical (unpaired) electrons. The van der Waals surface area contributed by atoms with Crippen LogP contribution in [0.5, 0.6) is 0 Å². The molecule has 188 valence electrons. The van der Waals surface area contributed by atoms with E-state index in [1.54, 1.807) is 36.8 Å². The number of aryl methyl sites for hydroxylation is 1. The van der Waals surface area contributed by atoms with E-state index in [1.807, 2.05) is 31.2 Å². The Morgan fingerprint density at radius 1 is 1.00 bits per heavy atom. The van der Waals surface area contributed by atoms with Crippen molar-refractivity contribution in [1.82, 2.24) is 19.9 Å². The number of benzene rings is 1. The number of rotatable bonds is 6. The molecular weight excluding hydrogens is 482 g/mol. The van der Waals surface area contributed by atoms with Crippen molar-refractivity contribution >= 4 is 23.5 Å². The van der Waals surface area contributed by atoms with Gasteiger partial charge < -0.3 is 10.1 Å². The number of amides is 2. The van der Waals surface area contributed by atoms with E-state index < -0.39 is 11.5 Å². The standard InChI is InChI=1S/C28H23N7O3/c1-17-3-4-21(34-26(36)18-5-8-31-24(10-18)28(15-29)6-7-28)11-22(17)19-9-20(14-30-13-19)23-12-25(33-16-32-23)35-27(37)38-2/h3-5,8-14,16H,6-7H2,1-2H3,(H,34,36)(H,32,33,35,37). The predicted molar refractivity (Wildman–Crippen MR) is 140 cm³/mol. The molecule has 0 unspecified atom stereocenters. The molecule has 0 aliphatic heterocycles. The molecule has 0 spiro atoms. The summed E-state index contributed by atoms with van der Waals surface area (Å²) in [6.07, 6.45) is 7.21. The van der Waals surface area contributed by atoms with Crippen LogP contribution >= 0.6 is 0 Å². The molecule has 5 rings (SSSR count). The fourth-order valence-electron chi connectivity index (χ4n) is 4.06. The van der Waals surface area contributed by atoms with Gasteiger partial charge in [0.25, 0.3) is 5.91 Å². The highest BCUT2D eigenvalue weighted by Crippen LogP contribution is 2.46. The summed E-state index contributed by atoms with van der Waals surface area (Å²) in [5.41, 5.74) is 5.14. The summed E-state index contributed by atoms with van der Waals surface area (Å²) >= 11 is 0. The van der Waals surface area contributed by atoms with Gasteiger partial charge in [0, 0.05) is 47.0 Å². The number of hydrogen-bond donors (Lipinski definition) is 2. The Kier molecular flexibility index (Phi) is 6.49. The highest BCUT2D eigenvalue weighted by Gasteiger charge is 2.46. The summed E-state index contributed by atoms with van der Waals surface area (Å²) < 4.78 is 4.62. The number of nitrogens with one attached hydrogen (secondary N) is 2. The van der Waals surface area contributed by atoms with Crippen molar-refractivity contribution in [2.45, 2.75) is 25.2 Å². The first-order chi connectivity index (χ1) is 18.4. The maximum atomic E-state index is 13.0. The van der Waals surface area contributed by atoms with Crippen molar-refractivity contribution in [2.75, 3.05) is 17.7 Å². The van der Waals surface area contributed by atoms with E-state index in [0.717, 1.165) is 35.1 Å². The molecule has 10 nitrogen and oxygen atoms in total. The van der Waals surface area contributed by atoms with Gasteiger partial charge in [-0.15, -0.1) is 0 Å². The van der Waals surface area contributed by atoms with Gasteiger partial charge in [-0.3, -0.25) is 20.1 Å². The number of pyridine rings is 2. The van der Waals surface area contributed by atoms with Crippen LogP contribution in [0.3, 0.4) is 0 Å². The monoisotopic (exact) mass is 505 g/mol. The van der Waals surface area contributed by atoms with E-state index in [-0.39, 0.29) is 5.91 Å². The molecule has 0 atom stereocenters. The summed E-state index contributed by atoms with van der Waals surface area (Å²) in [6, 6.07) is 14.8. The van der Waals surface area contributed by atoms with E-state index in [4.69, 9.17) is 0 Å². The van der Waals surface area contributed by atoms with Crippen LogP contribution in [-0.2, 0) is 10.2 Å². The summed E-state index contributed by atoms with van der Waals surface area (Å²) in [4.78, 5) is 41.6. The average Bonchev–Trinajstić information content (AvgIpc) is 3.76. The third-order valence-electron chi connectivity index (χ3n) is 6.40. The first-order valence-corrected chi connectivity index (χ1v) is 11.8. The molecule has 4 aromatic rings. The molecule has 1 aliphatic carbocycles. The van der Waals surface area contributed by atoms with E-state index in [0.29, 0.717) is 28.5 Å². The number of ether oxygens (including phenoxy) is 1. The second kappa shape index (κ2) is 10.1. The molecular formula is C28H23N7O3. The number of nitriles is 1. The maximum Gasteiger partial charge on any atom is 0.412 e. The van der Waals surface area contributed by atoms with Crippen molar-refractivity contribution < 1.29 is 14.3 Å². The SMILES string of the molecule is COC(=O)Nc1cc(-c2cncc(-c3cc(NC(=O)c4ccnc(C5(C#N)CC5)c4)ccc3C)c2)ncn1. The van der Waals surface area contributed by atoms with Crippen LogP contribution in [0.25, 0.3) is 22.4 Å². The molecule has 1 fully saturated rings. The highest BCUT2D eigenvalue weighted by atomic mass is 16.5. The Morgan fingerprint density at radius 2 is 1.82 bits per heavy atom. The minimum Gasteiger partial charge on any atom is -0.453 e. The number of carbonyl (C=O) groups is 2. The first-order valence-electron chi connectivity index (χ1n) is 11.8.